The van der Waals surface area contributed by atoms with Crippen molar-refractivity contribution in [1.29, 1.82) is 0 Å². The molecule has 0 saturated heterocycles. The van der Waals surface area contributed by atoms with Crippen molar-refractivity contribution in [3.63, 3.8) is 0 Å². The lowest BCUT2D eigenvalue weighted by molar-refractivity contribution is 0.424. The van der Waals surface area contributed by atoms with Crippen LogP contribution in [0, 0.1) is 6.92 Å². The molecule has 1 rings (SSSR count). The Hall–Kier alpha value is -1.26. The van der Waals surface area contributed by atoms with Gasteiger partial charge in [-0.05, 0) is 12.1 Å². The second-order valence-electron chi connectivity index (χ2n) is 1.44. The molecule has 5 nitrogen and oxygen atoms in total. The number of aromatic nitrogens is 3. The van der Waals surface area contributed by atoms with Crippen molar-refractivity contribution >= 4 is 0 Å². The molecule has 1 heterocycles. The lowest BCUT2D eigenvalue weighted by Crippen LogP contribution is -2.08. The highest BCUT2D eigenvalue weighted by Gasteiger charge is 2.00. The van der Waals surface area contributed by atoms with Gasteiger partial charge in [-0.25, -0.2) is 0 Å². The molecule has 0 amide bonds. The molecule has 44 valence electrons. The Morgan fingerprint density at radius 1 is 1.75 bits per heavy atom. The summed E-state index contributed by atoms with van der Waals surface area (Å²) in [4.78, 5) is 0.815. The molecule has 5 heteroatoms. The van der Waals surface area contributed by atoms with E-state index >= 15 is 0 Å². The first kappa shape index (κ1) is 4.89. The van der Waals surface area contributed by atoms with Gasteiger partial charge in [0, 0.05) is 0 Å². The smallest absolute Gasteiger partial charge is 0.253 e. The van der Waals surface area contributed by atoms with Gasteiger partial charge in [-0.15, -0.1) is 9.89 Å². The van der Waals surface area contributed by atoms with E-state index in [0.29, 0.717) is 5.69 Å². The summed E-state index contributed by atoms with van der Waals surface area (Å²) < 4.78 is 0. The van der Waals surface area contributed by atoms with Gasteiger partial charge in [0.1, 0.15) is 5.69 Å². The highest BCUT2D eigenvalue weighted by atomic mass is 16.3. The van der Waals surface area contributed by atoms with Crippen molar-refractivity contribution < 1.29 is 5.11 Å². The monoisotopic (exact) mass is 114 g/mol. The third-order valence-corrected chi connectivity index (χ3v) is 0.832. The van der Waals surface area contributed by atoms with Crippen LogP contribution in [-0.4, -0.2) is 20.2 Å². The number of hydrogen-bond acceptors (Lipinski definition) is 4. The minimum Gasteiger partial charge on any atom is -0.491 e. The Balaban J connectivity index is 3.19. The van der Waals surface area contributed by atoms with Crippen molar-refractivity contribution in [2.24, 2.45) is 0 Å². The Kier molecular flexibility index (Phi) is 0.831. The second kappa shape index (κ2) is 1.36. The fraction of sp³-hybridized carbons (Fsp3) is 0.333. The summed E-state index contributed by atoms with van der Waals surface area (Å²) in [5.41, 5.74) is 0.438. The van der Waals surface area contributed by atoms with Crippen molar-refractivity contribution in [2.75, 3.05) is 5.84 Å². The number of hydrogen-bond donors (Lipinski definition) is 2. The predicted octanol–water partition coefficient (Wildman–Crippen LogP) is -0.994. The standard InChI is InChI=1S/C3H6N4O/c1-2-3(8)7(4)6-5-2/h8H,4H2,1H3. The summed E-state index contributed by atoms with van der Waals surface area (Å²) in [6, 6.07) is 0. The van der Waals surface area contributed by atoms with E-state index in [1.165, 1.54) is 0 Å². The van der Waals surface area contributed by atoms with Crippen LogP contribution in [0.1, 0.15) is 5.69 Å². The summed E-state index contributed by atoms with van der Waals surface area (Å²) >= 11 is 0. The predicted molar refractivity (Wildman–Crippen MR) is 26.6 cm³/mol. The van der Waals surface area contributed by atoms with Gasteiger partial charge in [0.2, 0.25) is 0 Å². The molecule has 3 N–H and O–H groups in total. The van der Waals surface area contributed by atoms with Crippen LogP contribution in [0.5, 0.6) is 5.88 Å². The van der Waals surface area contributed by atoms with Gasteiger partial charge in [0.25, 0.3) is 5.88 Å². The first-order valence-corrected chi connectivity index (χ1v) is 2.08. The molecule has 0 unspecified atom stereocenters. The van der Waals surface area contributed by atoms with E-state index in [1.54, 1.807) is 6.92 Å². The molecular weight excluding hydrogens is 108 g/mol. The zero-order chi connectivity index (χ0) is 6.15. The average Bonchev–Trinajstić information content (AvgIpc) is 1.98. The molecule has 0 bridgehead atoms. The number of nitrogen functional groups attached to an aromatic ring is 1. The topological polar surface area (TPSA) is 77.0 Å². The minimum atomic E-state index is -0.0926. The summed E-state index contributed by atoms with van der Waals surface area (Å²) in [5, 5.41) is 15.5. The number of rotatable bonds is 0. The maximum atomic E-state index is 8.76. The normalized spacial score (nSPS) is 9.62. The third kappa shape index (κ3) is 0.481. The van der Waals surface area contributed by atoms with Crippen LogP contribution in [0.25, 0.3) is 0 Å². The SMILES string of the molecule is Cc1nnn(N)c1O. The molecule has 0 fully saturated rings. The van der Waals surface area contributed by atoms with Crippen LogP contribution in [0.15, 0.2) is 0 Å². The van der Waals surface area contributed by atoms with Crippen LogP contribution >= 0.6 is 0 Å². The van der Waals surface area contributed by atoms with Crippen LogP contribution < -0.4 is 5.84 Å². The highest BCUT2D eigenvalue weighted by molar-refractivity contribution is 5.12. The molecule has 0 spiro atoms. The van der Waals surface area contributed by atoms with Crippen molar-refractivity contribution in [2.45, 2.75) is 6.92 Å². The van der Waals surface area contributed by atoms with E-state index in [-0.39, 0.29) is 5.88 Å². The van der Waals surface area contributed by atoms with E-state index < -0.39 is 0 Å². The number of nitrogens with zero attached hydrogens (tertiary/aromatic N) is 3. The molecule has 0 aliphatic carbocycles. The maximum absolute atomic E-state index is 8.76. The van der Waals surface area contributed by atoms with E-state index in [4.69, 9.17) is 10.9 Å². The Labute approximate surface area is 45.7 Å². The fourth-order valence-electron chi connectivity index (χ4n) is 0.368. The van der Waals surface area contributed by atoms with Gasteiger partial charge >= 0.3 is 0 Å². The quantitative estimate of drug-likeness (QED) is 0.424. The summed E-state index contributed by atoms with van der Waals surface area (Å²) in [6.07, 6.45) is 0. The third-order valence-electron chi connectivity index (χ3n) is 0.832. The van der Waals surface area contributed by atoms with E-state index in [1.807, 2.05) is 0 Å². The van der Waals surface area contributed by atoms with Gasteiger partial charge in [-0.2, -0.15) is 0 Å². The van der Waals surface area contributed by atoms with E-state index in [0.717, 1.165) is 4.79 Å². The first-order valence-electron chi connectivity index (χ1n) is 2.08. The summed E-state index contributed by atoms with van der Waals surface area (Å²) in [7, 11) is 0. The fourth-order valence-corrected chi connectivity index (χ4v) is 0.368. The van der Waals surface area contributed by atoms with Crippen molar-refractivity contribution in [3.05, 3.63) is 5.69 Å². The zero-order valence-electron chi connectivity index (χ0n) is 4.37. The molecule has 0 aromatic carbocycles. The summed E-state index contributed by atoms with van der Waals surface area (Å²) in [6.45, 7) is 1.62. The molecule has 0 aliphatic rings. The maximum Gasteiger partial charge on any atom is 0.253 e. The van der Waals surface area contributed by atoms with E-state index in [2.05, 4.69) is 10.3 Å². The van der Waals surface area contributed by atoms with Crippen LogP contribution in [-0.2, 0) is 0 Å². The molecular formula is C3H6N4O. The molecule has 0 atom stereocenters. The summed E-state index contributed by atoms with van der Waals surface area (Å²) in [5.74, 6) is 4.94. The number of aromatic hydroxyl groups is 1. The van der Waals surface area contributed by atoms with Crippen molar-refractivity contribution in [3.8, 4) is 5.88 Å². The Bertz CT molecular complexity index is 174. The van der Waals surface area contributed by atoms with Gasteiger partial charge < -0.3 is 10.9 Å². The average molecular weight is 114 g/mol. The molecule has 8 heavy (non-hydrogen) atoms. The largest absolute Gasteiger partial charge is 0.491 e. The lowest BCUT2D eigenvalue weighted by atomic mass is 10.5. The molecule has 0 saturated carbocycles. The van der Waals surface area contributed by atoms with Gasteiger partial charge in [-0.1, -0.05) is 0 Å². The van der Waals surface area contributed by atoms with Crippen LogP contribution in [0.4, 0.5) is 0 Å². The first-order chi connectivity index (χ1) is 3.72. The second-order valence-corrected chi connectivity index (χ2v) is 1.44. The van der Waals surface area contributed by atoms with Gasteiger partial charge in [0.05, 0.1) is 0 Å². The van der Waals surface area contributed by atoms with Crippen molar-refractivity contribution in [1.82, 2.24) is 15.1 Å². The number of aryl methyl sites for hydroxylation is 1. The Morgan fingerprint density at radius 2 is 2.38 bits per heavy atom. The molecule has 1 aromatic heterocycles. The Morgan fingerprint density at radius 3 is 2.50 bits per heavy atom. The van der Waals surface area contributed by atoms with Gasteiger partial charge in [0.15, 0.2) is 0 Å². The van der Waals surface area contributed by atoms with Crippen LogP contribution in [0.2, 0.25) is 0 Å². The van der Waals surface area contributed by atoms with Gasteiger partial charge in [-0.3, -0.25) is 0 Å². The lowest BCUT2D eigenvalue weighted by Gasteiger charge is -1.86. The van der Waals surface area contributed by atoms with Crippen LogP contribution in [0.3, 0.4) is 0 Å². The minimum absolute atomic E-state index is 0.0926. The number of nitrogens with two attached hydrogens (primary N) is 1. The molecule has 0 aliphatic heterocycles. The molecule has 0 radical (unpaired) electrons. The molecule has 1 aromatic rings. The van der Waals surface area contributed by atoms with E-state index in [9.17, 15) is 0 Å². The zero-order valence-corrected chi connectivity index (χ0v) is 4.37. The highest BCUT2D eigenvalue weighted by Crippen LogP contribution is 2.05.